The molecule has 1 aromatic carbocycles. The van der Waals surface area contributed by atoms with E-state index >= 15 is 0 Å². The second-order valence-electron chi connectivity index (χ2n) is 3.75. The van der Waals surface area contributed by atoms with Crippen molar-refractivity contribution in [2.45, 2.75) is 31.6 Å². The van der Waals surface area contributed by atoms with E-state index in [1.165, 1.54) is 16.0 Å². The van der Waals surface area contributed by atoms with Gasteiger partial charge in [0, 0.05) is 10.6 Å². The van der Waals surface area contributed by atoms with Crippen molar-refractivity contribution >= 4 is 24.4 Å². The minimum atomic E-state index is 0.617. The van der Waals surface area contributed by atoms with Gasteiger partial charge in [0.2, 0.25) is 0 Å². The SMILES string of the molecule is Cc1ccc(C(C)C)cc1SCCS. The Morgan fingerprint density at radius 1 is 1.36 bits per heavy atom. The molecule has 0 unspecified atom stereocenters. The summed E-state index contributed by atoms with van der Waals surface area (Å²) < 4.78 is 0. The van der Waals surface area contributed by atoms with Crippen molar-refractivity contribution < 1.29 is 0 Å². The van der Waals surface area contributed by atoms with Crippen LogP contribution in [0.3, 0.4) is 0 Å². The lowest BCUT2D eigenvalue weighted by atomic mass is 10.0. The smallest absolute Gasteiger partial charge is 0.0104 e. The fraction of sp³-hybridized carbons (Fsp3) is 0.500. The minimum Gasteiger partial charge on any atom is -0.178 e. The molecule has 0 amide bonds. The molecule has 0 N–H and O–H groups in total. The van der Waals surface area contributed by atoms with Crippen LogP contribution in [-0.4, -0.2) is 11.5 Å². The van der Waals surface area contributed by atoms with E-state index in [4.69, 9.17) is 0 Å². The first-order valence-electron chi connectivity index (χ1n) is 4.99. The van der Waals surface area contributed by atoms with E-state index in [1.54, 1.807) is 0 Å². The third-order valence-corrected chi connectivity index (χ3v) is 3.91. The van der Waals surface area contributed by atoms with Crippen molar-refractivity contribution in [1.29, 1.82) is 0 Å². The quantitative estimate of drug-likeness (QED) is 0.595. The Balaban J connectivity index is 2.85. The van der Waals surface area contributed by atoms with Crippen LogP contribution in [0.25, 0.3) is 0 Å². The average molecular weight is 226 g/mol. The van der Waals surface area contributed by atoms with E-state index in [1.807, 2.05) is 11.8 Å². The molecule has 0 spiro atoms. The predicted molar refractivity (Wildman–Crippen MR) is 69.8 cm³/mol. The highest BCUT2D eigenvalue weighted by Gasteiger charge is 2.03. The summed E-state index contributed by atoms with van der Waals surface area (Å²) in [6, 6.07) is 6.76. The summed E-state index contributed by atoms with van der Waals surface area (Å²) in [6.45, 7) is 6.64. The van der Waals surface area contributed by atoms with Gasteiger partial charge in [-0.15, -0.1) is 11.8 Å². The van der Waals surface area contributed by atoms with Crippen molar-refractivity contribution in [3.8, 4) is 0 Å². The molecule has 14 heavy (non-hydrogen) atoms. The van der Waals surface area contributed by atoms with Crippen LogP contribution in [0, 0.1) is 6.92 Å². The van der Waals surface area contributed by atoms with Crippen LogP contribution in [0.2, 0.25) is 0 Å². The van der Waals surface area contributed by atoms with E-state index in [-0.39, 0.29) is 0 Å². The Bertz CT molecular complexity index is 292. The first kappa shape index (κ1) is 12.0. The summed E-state index contributed by atoms with van der Waals surface area (Å²) in [5.41, 5.74) is 2.80. The van der Waals surface area contributed by atoms with Gasteiger partial charge in [-0.2, -0.15) is 12.6 Å². The van der Waals surface area contributed by atoms with E-state index in [0.29, 0.717) is 5.92 Å². The first-order valence-corrected chi connectivity index (χ1v) is 6.61. The molecule has 0 radical (unpaired) electrons. The van der Waals surface area contributed by atoms with E-state index in [2.05, 4.69) is 51.6 Å². The van der Waals surface area contributed by atoms with Gasteiger partial charge in [-0.1, -0.05) is 26.0 Å². The normalized spacial score (nSPS) is 10.9. The van der Waals surface area contributed by atoms with Crippen molar-refractivity contribution in [3.05, 3.63) is 29.3 Å². The van der Waals surface area contributed by atoms with E-state index in [9.17, 15) is 0 Å². The van der Waals surface area contributed by atoms with Crippen molar-refractivity contribution in [2.75, 3.05) is 11.5 Å². The van der Waals surface area contributed by atoms with Gasteiger partial charge in [0.05, 0.1) is 0 Å². The molecule has 2 heteroatoms. The molecule has 0 aliphatic rings. The topological polar surface area (TPSA) is 0 Å². The monoisotopic (exact) mass is 226 g/mol. The number of thiol groups is 1. The van der Waals surface area contributed by atoms with Crippen LogP contribution < -0.4 is 0 Å². The lowest BCUT2D eigenvalue weighted by Crippen LogP contribution is -1.90. The second kappa shape index (κ2) is 5.72. The molecule has 78 valence electrons. The fourth-order valence-corrected chi connectivity index (χ4v) is 2.39. The zero-order valence-electron chi connectivity index (χ0n) is 9.08. The molecule has 0 saturated heterocycles. The van der Waals surface area contributed by atoms with Crippen LogP contribution in [0.5, 0.6) is 0 Å². The highest BCUT2D eigenvalue weighted by molar-refractivity contribution is 8.00. The highest BCUT2D eigenvalue weighted by Crippen LogP contribution is 2.26. The van der Waals surface area contributed by atoms with Crippen LogP contribution in [-0.2, 0) is 0 Å². The predicted octanol–water partition coefficient (Wildman–Crippen LogP) is 4.14. The van der Waals surface area contributed by atoms with Gasteiger partial charge >= 0.3 is 0 Å². The molecular weight excluding hydrogens is 208 g/mol. The maximum absolute atomic E-state index is 4.23. The molecule has 0 nitrogen and oxygen atoms in total. The Morgan fingerprint density at radius 2 is 2.07 bits per heavy atom. The van der Waals surface area contributed by atoms with Gasteiger partial charge in [0.15, 0.2) is 0 Å². The minimum absolute atomic E-state index is 0.617. The Hall–Kier alpha value is -0.0800. The van der Waals surface area contributed by atoms with Crippen molar-refractivity contribution in [1.82, 2.24) is 0 Å². The lowest BCUT2D eigenvalue weighted by molar-refractivity contribution is 0.860. The average Bonchev–Trinajstić information content (AvgIpc) is 2.16. The van der Waals surface area contributed by atoms with Crippen molar-refractivity contribution in [2.24, 2.45) is 0 Å². The summed E-state index contributed by atoms with van der Waals surface area (Å²) >= 11 is 6.13. The Kier molecular flexibility index (Phi) is 4.90. The molecule has 0 saturated carbocycles. The van der Waals surface area contributed by atoms with Gasteiger partial charge in [-0.25, -0.2) is 0 Å². The summed E-state index contributed by atoms with van der Waals surface area (Å²) in [4.78, 5) is 1.41. The third kappa shape index (κ3) is 3.25. The molecule has 0 aliphatic carbocycles. The Labute approximate surface area is 96.9 Å². The molecular formula is C12H18S2. The molecule has 1 aromatic rings. The summed E-state index contributed by atoms with van der Waals surface area (Å²) in [7, 11) is 0. The number of thioether (sulfide) groups is 1. The number of benzene rings is 1. The highest BCUT2D eigenvalue weighted by atomic mass is 32.2. The van der Waals surface area contributed by atoms with Crippen LogP contribution in [0.4, 0.5) is 0 Å². The van der Waals surface area contributed by atoms with E-state index < -0.39 is 0 Å². The van der Waals surface area contributed by atoms with Crippen LogP contribution in [0.1, 0.15) is 30.9 Å². The zero-order chi connectivity index (χ0) is 10.6. The second-order valence-corrected chi connectivity index (χ2v) is 5.34. The first-order chi connectivity index (χ1) is 6.65. The molecule has 0 aromatic heterocycles. The lowest BCUT2D eigenvalue weighted by Gasteiger charge is -2.10. The molecule has 0 bridgehead atoms. The molecule has 0 atom stereocenters. The van der Waals surface area contributed by atoms with E-state index in [0.717, 1.165) is 11.5 Å². The van der Waals surface area contributed by atoms with Crippen LogP contribution >= 0.6 is 24.4 Å². The Morgan fingerprint density at radius 3 is 2.64 bits per heavy atom. The number of hydrogen-bond donors (Lipinski definition) is 1. The van der Waals surface area contributed by atoms with Gasteiger partial charge in [0.25, 0.3) is 0 Å². The van der Waals surface area contributed by atoms with Gasteiger partial charge in [-0.3, -0.25) is 0 Å². The third-order valence-electron chi connectivity index (χ3n) is 2.23. The zero-order valence-corrected chi connectivity index (χ0v) is 10.8. The number of rotatable bonds is 4. The molecule has 0 fully saturated rings. The van der Waals surface area contributed by atoms with Gasteiger partial charge < -0.3 is 0 Å². The van der Waals surface area contributed by atoms with Gasteiger partial charge in [0.1, 0.15) is 0 Å². The van der Waals surface area contributed by atoms with Gasteiger partial charge in [-0.05, 0) is 35.8 Å². The van der Waals surface area contributed by atoms with Crippen LogP contribution in [0.15, 0.2) is 23.1 Å². The summed E-state index contributed by atoms with van der Waals surface area (Å²) in [5, 5.41) is 0. The number of aryl methyl sites for hydroxylation is 1. The largest absolute Gasteiger partial charge is 0.178 e. The fourth-order valence-electron chi connectivity index (χ4n) is 1.29. The standard InChI is InChI=1S/C12H18S2/c1-9(2)11-5-4-10(3)12(8-11)14-7-6-13/h4-5,8-9,13H,6-7H2,1-3H3. The maximum Gasteiger partial charge on any atom is 0.0104 e. The maximum atomic E-state index is 4.23. The molecule has 0 heterocycles. The molecule has 1 rings (SSSR count). The van der Waals surface area contributed by atoms with Crippen molar-refractivity contribution in [3.63, 3.8) is 0 Å². The summed E-state index contributed by atoms with van der Waals surface area (Å²) in [5.74, 6) is 2.65. The number of hydrogen-bond acceptors (Lipinski definition) is 2. The molecule has 0 aliphatic heterocycles. The summed E-state index contributed by atoms with van der Waals surface area (Å²) in [6.07, 6.45) is 0.